The maximum atomic E-state index is 13.5. The number of aromatic nitrogens is 1. The second kappa shape index (κ2) is 5.12. The van der Waals surface area contributed by atoms with Crippen LogP contribution < -0.4 is 0 Å². The van der Waals surface area contributed by atoms with E-state index < -0.39 is 17.7 Å². The Balaban J connectivity index is 2.26. The van der Waals surface area contributed by atoms with Gasteiger partial charge in [0.15, 0.2) is 0 Å². The summed E-state index contributed by atoms with van der Waals surface area (Å²) in [4.78, 5) is 5.07. The maximum absolute atomic E-state index is 13.5. The van der Waals surface area contributed by atoms with E-state index in [1.165, 1.54) is 23.5 Å². The van der Waals surface area contributed by atoms with Crippen LogP contribution in [0.2, 0.25) is 0 Å². The van der Waals surface area contributed by atoms with Crippen molar-refractivity contribution in [1.82, 2.24) is 4.98 Å². The highest BCUT2D eigenvalue weighted by Gasteiger charge is 2.13. The Kier molecular flexibility index (Phi) is 3.73. The second-order valence-electron chi connectivity index (χ2n) is 4.15. The van der Waals surface area contributed by atoms with Gasteiger partial charge < -0.3 is 5.11 Å². The fourth-order valence-corrected chi connectivity index (χ4v) is 2.78. The number of aliphatic hydroxyl groups is 1. The lowest BCUT2D eigenvalue weighted by molar-refractivity contribution is 0.202. The zero-order valence-corrected chi connectivity index (χ0v) is 10.9. The molecule has 0 bridgehead atoms. The molecule has 0 saturated heterocycles. The summed E-state index contributed by atoms with van der Waals surface area (Å²) in [5.74, 6) is -1.15. The molecular weight excluding hydrogens is 256 g/mol. The molecule has 2 rings (SSSR count). The molecule has 1 aromatic heterocycles. The van der Waals surface area contributed by atoms with Gasteiger partial charge in [0.25, 0.3) is 0 Å². The van der Waals surface area contributed by atoms with Gasteiger partial charge in [0.05, 0.1) is 21.7 Å². The van der Waals surface area contributed by atoms with E-state index in [0.29, 0.717) is 17.0 Å². The van der Waals surface area contributed by atoms with Crippen LogP contribution in [0.4, 0.5) is 8.78 Å². The molecule has 0 radical (unpaired) electrons. The predicted octanol–water partition coefficient (Wildman–Crippen LogP) is 3.37. The Morgan fingerprint density at radius 2 is 2.11 bits per heavy atom. The minimum atomic E-state index is -0.587. The number of benzene rings is 1. The quantitative estimate of drug-likeness (QED) is 0.926. The van der Waals surface area contributed by atoms with Gasteiger partial charge in [-0.3, -0.25) is 0 Å². The lowest BCUT2D eigenvalue weighted by Crippen LogP contribution is -1.93. The second-order valence-corrected chi connectivity index (χ2v) is 5.26. The van der Waals surface area contributed by atoms with Gasteiger partial charge in [0, 0.05) is 12.5 Å². The molecule has 0 fully saturated rings. The first-order valence-electron chi connectivity index (χ1n) is 5.55. The van der Waals surface area contributed by atoms with Crippen LogP contribution in [-0.4, -0.2) is 10.1 Å². The summed E-state index contributed by atoms with van der Waals surface area (Å²) in [6.07, 6.45) is -0.265. The van der Waals surface area contributed by atoms with Gasteiger partial charge in [-0.1, -0.05) is 6.07 Å². The Morgan fingerprint density at radius 1 is 1.39 bits per heavy atom. The van der Waals surface area contributed by atoms with E-state index in [1.54, 1.807) is 6.92 Å². The standard InChI is InChI=1S/C13H13F2NOS/c1-7-13(8(2)17)18-12(16-7)5-9-3-4-10(14)6-11(9)15/h3-4,6,8,17H,5H2,1-2H3. The zero-order valence-electron chi connectivity index (χ0n) is 10.1. The highest BCUT2D eigenvalue weighted by atomic mass is 32.1. The molecular formula is C13H13F2NOS. The van der Waals surface area contributed by atoms with E-state index in [2.05, 4.69) is 4.98 Å². The molecule has 1 unspecified atom stereocenters. The summed E-state index contributed by atoms with van der Waals surface area (Å²) in [5.41, 5.74) is 1.16. The van der Waals surface area contributed by atoms with E-state index in [-0.39, 0.29) is 0 Å². The topological polar surface area (TPSA) is 33.1 Å². The van der Waals surface area contributed by atoms with Crippen LogP contribution in [0.3, 0.4) is 0 Å². The summed E-state index contributed by atoms with van der Waals surface area (Å²) in [7, 11) is 0. The number of aryl methyl sites for hydroxylation is 1. The van der Waals surface area contributed by atoms with Crippen LogP contribution in [0.25, 0.3) is 0 Å². The van der Waals surface area contributed by atoms with Crippen molar-refractivity contribution in [3.63, 3.8) is 0 Å². The van der Waals surface area contributed by atoms with E-state index in [4.69, 9.17) is 0 Å². The average molecular weight is 269 g/mol. The van der Waals surface area contributed by atoms with Crippen LogP contribution in [-0.2, 0) is 6.42 Å². The molecule has 2 nitrogen and oxygen atoms in total. The molecule has 0 saturated carbocycles. The largest absolute Gasteiger partial charge is 0.388 e. The molecule has 0 aliphatic heterocycles. The van der Waals surface area contributed by atoms with Crippen LogP contribution in [0.1, 0.15) is 34.2 Å². The van der Waals surface area contributed by atoms with Gasteiger partial charge in [0.1, 0.15) is 11.6 Å². The first-order chi connectivity index (χ1) is 8.47. The smallest absolute Gasteiger partial charge is 0.129 e. The molecule has 2 aromatic rings. The molecule has 0 amide bonds. The Labute approximate surface area is 108 Å². The summed E-state index contributed by atoms with van der Waals surface area (Å²) < 4.78 is 26.3. The summed E-state index contributed by atoms with van der Waals surface area (Å²) >= 11 is 1.35. The van der Waals surface area contributed by atoms with Crippen molar-refractivity contribution in [2.24, 2.45) is 0 Å². The lowest BCUT2D eigenvalue weighted by atomic mass is 10.1. The number of thiazole rings is 1. The van der Waals surface area contributed by atoms with Crippen molar-refractivity contribution >= 4 is 11.3 Å². The SMILES string of the molecule is Cc1nc(Cc2ccc(F)cc2F)sc1C(C)O. The van der Waals surface area contributed by atoms with Gasteiger partial charge >= 0.3 is 0 Å². The Bertz CT molecular complexity index is 566. The van der Waals surface area contributed by atoms with Crippen LogP contribution in [0, 0.1) is 18.6 Å². The minimum absolute atomic E-state index is 0.310. The van der Waals surface area contributed by atoms with Crippen molar-refractivity contribution in [2.45, 2.75) is 26.4 Å². The van der Waals surface area contributed by atoms with Crippen molar-refractivity contribution in [3.05, 3.63) is 51.0 Å². The third kappa shape index (κ3) is 2.73. The fourth-order valence-electron chi connectivity index (χ4n) is 1.76. The van der Waals surface area contributed by atoms with E-state index in [0.717, 1.165) is 16.6 Å². The van der Waals surface area contributed by atoms with Gasteiger partial charge in [0.2, 0.25) is 0 Å². The number of nitrogens with zero attached hydrogens (tertiary/aromatic N) is 1. The summed E-state index contributed by atoms with van der Waals surface area (Å²) in [6, 6.07) is 3.52. The van der Waals surface area contributed by atoms with Crippen molar-refractivity contribution in [1.29, 1.82) is 0 Å². The number of aliphatic hydroxyl groups excluding tert-OH is 1. The zero-order chi connectivity index (χ0) is 13.3. The Hall–Kier alpha value is -1.33. The van der Waals surface area contributed by atoms with E-state index in [9.17, 15) is 13.9 Å². The molecule has 0 aliphatic rings. The molecule has 96 valence electrons. The molecule has 1 heterocycles. The predicted molar refractivity (Wildman–Crippen MR) is 66.6 cm³/mol. The van der Waals surface area contributed by atoms with E-state index >= 15 is 0 Å². The van der Waals surface area contributed by atoms with Crippen molar-refractivity contribution in [2.75, 3.05) is 0 Å². The molecule has 18 heavy (non-hydrogen) atoms. The highest BCUT2D eigenvalue weighted by Crippen LogP contribution is 2.26. The average Bonchev–Trinajstić information content (AvgIpc) is 2.64. The van der Waals surface area contributed by atoms with Crippen LogP contribution >= 0.6 is 11.3 Å². The number of hydrogen-bond acceptors (Lipinski definition) is 3. The fraction of sp³-hybridized carbons (Fsp3) is 0.308. The van der Waals surface area contributed by atoms with Crippen LogP contribution in [0.15, 0.2) is 18.2 Å². The lowest BCUT2D eigenvalue weighted by Gasteiger charge is -2.00. The summed E-state index contributed by atoms with van der Waals surface area (Å²) in [6.45, 7) is 3.48. The first kappa shape index (κ1) is 13.1. The normalized spacial score (nSPS) is 12.7. The van der Waals surface area contributed by atoms with Gasteiger partial charge in [-0.25, -0.2) is 13.8 Å². The number of halogens is 2. The van der Waals surface area contributed by atoms with Crippen molar-refractivity contribution in [3.8, 4) is 0 Å². The maximum Gasteiger partial charge on any atom is 0.129 e. The van der Waals surface area contributed by atoms with Crippen molar-refractivity contribution < 1.29 is 13.9 Å². The minimum Gasteiger partial charge on any atom is -0.388 e. The number of rotatable bonds is 3. The molecule has 1 aromatic carbocycles. The Morgan fingerprint density at radius 3 is 2.67 bits per heavy atom. The molecule has 1 atom stereocenters. The summed E-state index contributed by atoms with van der Waals surface area (Å²) in [5, 5.41) is 10.2. The van der Waals surface area contributed by atoms with Gasteiger partial charge in [-0.2, -0.15) is 0 Å². The molecule has 1 N–H and O–H groups in total. The van der Waals surface area contributed by atoms with E-state index in [1.807, 2.05) is 6.92 Å². The third-order valence-electron chi connectivity index (χ3n) is 2.61. The molecule has 5 heteroatoms. The highest BCUT2D eigenvalue weighted by molar-refractivity contribution is 7.11. The molecule has 0 spiro atoms. The monoisotopic (exact) mass is 269 g/mol. The third-order valence-corrected chi connectivity index (χ3v) is 3.94. The number of hydrogen-bond donors (Lipinski definition) is 1. The van der Waals surface area contributed by atoms with Crippen LogP contribution in [0.5, 0.6) is 0 Å². The molecule has 0 aliphatic carbocycles. The van der Waals surface area contributed by atoms with Gasteiger partial charge in [-0.05, 0) is 25.5 Å². The van der Waals surface area contributed by atoms with Gasteiger partial charge in [-0.15, -0.1) is 11.3 Å². The first-order valence-corrected chi connectivity index (χ1v) is 6.37.